The molecule has 0 aliphatic rings. The molecule has 0 saturated heterocycles. The fraction of sp³-hybridized carbons (Fsp3) is 0.412. The van der Waals surface area contributed by atoms with E-state index >= 15 is 0 Å². The Morgan fingerprint density at radius 2 is 1.68 bits per heavy atom. The Kier molecular flexibility index (Phi) is 12.8. The number of rotatable bonds is 8. The fourth-order valence-electron chi connectivity index (χ4n) is 4.85. The molecule has 5 nitrogen and oxygen atoms in total. The molecule has 0 fully saturated rings. The van der Waals surface area contributed by atoms with E-state index < -0.39 is 0 Å². The van der Waals surface area contributed by atoms with Crippen molar-refractivity contribution >= 4 is 43.1 Å². The number of aliphatic hydroxyl groups is 1. The number of carbonyl (C=O) groups is 1. The Morgan fingerprint density at radius 1 is 1.05 bits per heavy atom. The van der Waals surface area contributed by atoms with Gasteiger partial charge in [0.05, 0.1) is 17.8 Å². The Labute approximate surface area is 262 Å². The summed E-state index contributed by atoms with van der Waals surface area (Å²) in [4.78, 5) is 24.1. The first-order valence-corrected chi connectivity index (χ1v) is 14.9. The van der Waals surface area contributed by atoms with E-state index in [1.807, 2.05) is 39.8 Å². The number of nitrogens with zero attached hydrogens (tertiary/aromatic N) is 3. The summed E-state index contributed by atoms with van der Waals surface area (Å²) in [6.07, 6.45) is 6.47. The molecule has 4 aromatic rings. The molecule has 7 heteroatoms. The van der Waals surface area contributed by atoms with Crippen LogP contribution in [-0.4, -0.2) is 20.9 Å². The van der Waals surface area contributed by atoms with Crippen molar-refractivity contribution < 1.29 is 30.0 Å². The standard InChI is InChI=1S/C21H16N3S.C13H24O2.Ir/c1-21(2,3)16-10-14(9-13-7-5-6-8-15(13)16)19-20-17(23-12-24-19)11-18(22-4)25-20;1-5-10(6-2)12(14)9-13(15)11(7-3)8-4;/h5-8,10-12H,1-3H3;9-11,14H,5-8H2,1-4H3;/q-1;;/b;12-9-;. The molecule has 4 rings (SSSR count). The molecule has 0 amide bonds. The second kappa shape index (κ2) is 15.4. The number of hydrogen-bond donors (Lipinski definition) is 1. The average Bonchev–Trinajstić information content (AvgIpc) is 3.37. The Balaban J connectivity index is 0.000000320. The third-order valence-corrected chi connectivity index (χ3v) is 8.35. The van der Waals surface area contributed by atoms with Gasteiger partial charge in [-0.3, -0.25) is 9.78 Å². The van der Waals surface area contributed by atoms with E-state index in [9.17, 15) is 9.90 Å². The monoisotopic (exact) mass is 747 g/mol. The number of thiophene rings is 1. The van der Waals surface area contributed by atoms with Crippen molar-refractivity contribution in [3.8, 4) is 11.3 Å². The first-order valence-electron chi connectivity index (χ1n) is 14.1. The minimum absolute atomic E-state index is 0. The van der Waals surface area contributed by atoms with Crippen LogP contribution in [0, 0.1) is 24.5 Å². The largest absolute Gasteiger partial charge is 0.512 e. The van der Waals surface area contributed by atoms with E-state index in [0.717, 1.165) is 52.5 Å². The van der Waals surface area contributed by atoms with Crippen LogP contribution in [0.25, 0.3) is 37.1 Å². The second-order valence-electron chi connectivity index (χ2n) is 11.0. The normalized spacial score (nSPS) is 11.8. The van der Waals surface area contributed by atoms with Gasteiger partial charge in [-0.2, -0.15) is 11.3 Å². The molecule has 0 unspecified atom stereocenters. The van der Waals surface area contributed by atoms with E-state index in [0.29, 0.717) is 5.00 Å². The minimum Gasteiger partial charge on any atom is -0.512 e. The molecule has 2 heterocycles. The van der Waals surface area contributed by atoms with E-state index in [2.05, 4.69) is 65.9 Å². The topological polar surface area (TPSA) is 67.4 Å². The predicted octanol–water partition coefficient (Wildman–Crippen LogP) is 10.0. The zero-order valence-corrected chi connectivity index (χ0v) is 28.3. The third kappa shape index (κ3) is 8.32. The van der Waals surface area contributed by atoms with Crippen molar-refractivity contribution in [3.63, 3.8) is 0 Å². The summed E-state index contributed by atoms with van der Waals surface area (Å²) in [5.74, 6) is 0.547. The molecule has 219 valence electrons. The Bertz CT molecular complexity index is 1540. The van der Waals surface area contributed by atoms with Crippen LogP contribution in [0.1, 0.15) is 79.7 Å². The Hall–Kier alpha value is -2.91. The number of ketones is 1. The summed E-state index contributed by atoms with van der Waals surface area (Å²) in [7, 11) is 0. The number of allylic oxidation sites excluding steroid dienone is 2. The van der Waals surface area contributed by atoms with Gasteiger partial charge in [0.1, 0.15) is 6.33 Å². The number of benzene rings is 2. The van der Waals surface area contributed by atoms with Crippen molar-refractivity contribution in [3.05, 3.63) is 77.6 Å². The van der Waals surface area contributed by atoms with Gasteiger partial charge in [-0.1, -0.05) is 77.6 Å². The number of fused-ring (bicyclic) bond motifs is 2. The quantitative estimate of drug-likeness (QED) is 0.111. The van der Waals surface area contributed by atoms with E-state index in [-0.39, 0.29) is 48.9 Å². The van der Waals surface area contributed by atoms with Crippen molar-refractivity contribution in [2.24, 2.45) is 11.8 Å². The third-order valence-electron chi connectivity index (χ3n) is 7.33. The summed E-state index contributed by atoms with van der Waals surface area (Å²) in [5.41, 5.74) is 3.90. The van der Waals surface area contributed by atoms with Gasteiger partial charge in [0.2, 0.25) is 5.00 Å². The molecule has 2 aromatic heterocycles. The molecule has 0 aliphatic heterocycles. The average molecular weight is 747 g/mol. The number of aliphatic hydroxyl groups excluding tert-OH is 1. The van der Waals surface area contributed by atoms with Gasteiger partial charge in [0.15, 0.2) is 5.78 Å². The molecule has 0 spiro atoms. The van der Waals surface area contributed by atoms with Crippen molar-refractivity contribution in [2.75, 3.05) is 0 Å². The van der Waals surface area contributed by atoms with Gasteiger partial charge in [-0.05, 0) is 37.2 Å². The zero-order chi connectivity index (χ0) is 29.4. The van der Waals surface area contributed by atoms with Crippen LogP contribution in [0.15, 0.2) is 54.6 Å². The zero-order valence-electron chi connectivity index (χ0n) is 25.0. The van der Waals surface area contributed by atoms with Crippen LogP contribution < -0.4 is 0 Å². The van der Waals surface area contributed by atoms with Gasteiger partial charge >= 0.3 is 0 Å². The van der Waals surface area contributed by atoms with Crippen molar-refractivity contribution in [1.29, 1.82) is 0 Å². The summed E-state index contributed by atoms with van der Waals surface area (Å²) in [6.45, 7) is 22.0. The molecule has 0 atom stereocenters. The van der Waals surface area contributed by atoms with Gasteiger partial charge < -0.3 is 5.11 Å². The number of aromatic nitrogens is 2. The number of carbonyl (C=O) groups excluding carboxylic acids is 1. The summed E-state index contributed by atoms with van der Waals surface area (Å²) in [5, 5.41) is 12.7. The minimum atomic E-state index is 0. The fourth-order valence-corrected chi connectivity index (χ4v) is 5.75. The van der Waals surface area contributed by atoms with Gasteiger partial charge in [0.25, 0.3) is 0 Å². The molecule has 41 heavy (non-hydrogen) atoms. The SMILES string of the molecule is CCC(CC)C(=O)/C=C(\O)C(CC)CC.[C-]#[N+]c1cc2ncnc(-c3[c-]c4ccccc4c(C(C)(C)C)c3)c2s1.[Ir]. The molecule has 0 saturated carbocycles. The second-order valence-corrected chi connectivity index (χ2v) is 12.1. The molecule has 1 radical (unpaired) electrons. The van der Waals surface area contributed by atoms with Crippen molar-refractivity contribution in [1.82, 2.24) is 9.97 Å². The van der Waals surface area contributed by atoms with Gasteiger partial charge in [0, 0.05) is 48.4 Å². The van der Waals surface area contributed by atoms with Crippen LogP contribution in [0.2, 0.25) is 0 Å². The van der Waals surface area contributed by atoms with Crippen LogP contribution >= 0.6 is 11.3 Å². The smallest absolute Gasteiger partial charge is 0.243 e. The summed E-state index contributed by atoms with van der Waals surface area (Å²) >= 11 is 1.44. The number of hydrogen-bond acceptors (Lipinski definition) is 5. The van der Waals surface area contributed by atoms with E-state index in [1.54, 1.807) is 6.33 Å². The van der Waals surface area contributed by atoms with Gasteiger partial charge in [-0.25, -0.2) is 9.83 Å². The van der Waals surface area contributed by atoms with Crippen LogP contribution in [-0.2, 0) is 30.3 Å². The summed E-state index contributed by atoms with van der Waals surface area (Å²) in [6, 6.07) is 15.9. The van der Waals surface area contributed by atoms with Crippen LogP contribution in [0.5, 0.6) is 0 Å². The molecule has 1 N–H and O–H groups in total. The molecular formula is C34H40IrN3O2S-. The van der Waals surface area contributed by atoms with Crippen LogP contribution in [0.3, 0.4) is 0 Å². The molecule has 2 aromatic carbocycles. The maximum atomic E-state index is 11.7. The summed E-state index contributed by atoms with van der Waals surface area (Å²) < 4.78 is 0.944. The predicted molar refractivity (Wildman–Crippen MR) is 168 cm³/mol. The van der Waals surface area contributed by atoms with E-state index in [1.165, 1.54) is 28.4 Å². The first kappa shape index (κ1) is 34.3. The maximum absolute atomic E-state index is 11.7. The molecule has 0 aliphatic carbocycles. The van der Waals surface area contributed by atoms with Crippen LogP contribution in [0.4, 0.5) is 5.00 Å². The molecular weight excluding hydrogens is 707 g/mol. The van der Waals surface area contributed by atoms with Gasteiger partial charge in [-0.15, -0.1) is 29.1 Å². The van der Waals surface area contributed by atoms with Crippen molar-refractivity contribution in [2.45, 2.75) is 79.6 Å². The van der Waals surface area contributed by atoms with E-state index in [4.69, 9.17) is 6.57 Å². The molecule has 0 bridgehead atoms. The maximum Gasteiger partial charge on any atom is 0.243 e. The first-order chi connectivity index (χ1) is 19.1. The Morgan fingerprint density at radius 3 is 2.27 bits per heavy atom.